The predicted molar refractivity (Wildman–Crippen MR) is 25.7 cm³/mol. The van der Waals surface area contributed by atoms with Crippen LogP contribution in [-0.2, 0) is 39.0 Å². The molecule has 0 aromatic rings. The first-order chi connectivity index (χ1) is 0. The van der Waals surface area contributed by atoms with Crippen LogP contribution < -0.4 is 0 Å². The fraction of sp³-hybridized carbons (Fsp3) is 0. The van der Waals surface area contributed by atoms with Crippen molar-refractivity contribution in [2.75, 3.05) is 0 Å². The Morgan fingerprint density at radius 2 is 0.500 bits per heavy atom. The molecule has 0 fully saturated rings. The summed E-state index contributed by atoms with van der Waals surface area (Å²) in [4.78, 5) is 0. The Balaban J connectivity index is 0. The van der Waals surface area contributed by atoms with Crippen LogP contribution in [0.2, 0.25) is 0 Å². The van der Waals surface area contributed by atoms with Gasteiger partial charge in [0, 0.05) is 0 Å². The molecule has 0 amide bonds. The van der Waals surface area contributed by atoms with Crippen LogP contribution >= 0.6 is 0 Å². The first-order valence-electron chi connectivity index (χ1n) is 0. The molecule has 0 atom stereocenters. The molecule has 6 heavy (non-hydrogen) atoms. The third kappa shape index (κ3) is 60.9. The van der Waals surface area contributed by atoms with Crippen molar-refractivity contribution in [1.29, 1.82) is 0 Å². The van der Waals surface area contributed by atoms with Gasteiger partial charge < -0.3 is 29.7 Å². The second-order valence-electron chi connectivity index (χ2n) is 0. The Morgan fingerprint density at radius 3 is 0.500 bits per heavy atom. The SMILES string of the molecule is [CH3-].[CH3-].[CH3-].[CH3-].[Ru+3].[Ru+]. The van der Waals surface area contributed by atoms with Gasteiger partial charge in [-0.25, -0.2) is 0 Å². The molecule has 0 bridgehead atoms. The van der Waals surface area contributed by atoms with Gasteiger partial charge in [-0.3, -0.25) is 0 Å². The normalized spacial score (nSPS) is 0. The maximum Gasteiger partial charge on any atom is 3.00 e. The van der Waals surface area contributed by atoms with Gasteiger partial charge in [-0.05, 0) is 0 Å². The molecule has 0 aromatic carbocycles. The van der Waals surface area contributed by atoms with Crippen LogP contribution in [0.4, 0.5) is 0 Å². The zero-order valence-electron chi connectivity index (χ0n) is 4.71. The smallest absolute Gasteiger partial charge is 0.358 e. The summed E-state index contributed by atoms with van der Waals surface area (Å²) in [5.41, 5.74) is 0. The van der Waals surface area contributed by atoms with Gasteiger partial charge in [0.05, 0.1) is 0 Å². The maximum atomic E-state index is 0. The summed E-state index contributed by atoms with van der Waals surface area (Å²) in [6, 6.07) is 0. The zero-order chi connectivity index (χ0) is 0. The summed E-state index contributed by atoms with van der Waals surface area (Å²) >= 11 is 0. The molecule has 44 valence electrons. The van der Waals surface area contributed by atoms with Crippen molar-refractivity contribution in [1.82, 2.24) is 0 Å². The van der Waals surface area contributed by atoms with E-state index in [1.165, 1.54) is 0 Å². The minimum absolute atomic E-state index is 0. The fourth-order valence-corrected chi connectivity index (χ4v) is 0. The molecule has 0 aromatic heterocycles. The topological polar surface area (TPSA) is 0 Å². The molecule has 0 nitrogen and oxygen atoms in total. The van der Waals surface area contributed by atoms with Gasteiger partial charge in [0.25, 0.3) is 0 Å². The van der Waals surface area contributed by atoms with Crippen LogP contribution in [0, 0.1) is 29.7 Å². The second-order valence-corrected chi connectivity index (χ2v) is 0. The van der Waals surface area contributed by atoms with Crippen LogP contribution in [0.3, 0.4) is 0 Å². The zero-order valence-corrected chi connectivity index (χ0v) is 8.18. The summed E-state index contributed by atoms with van der Waals surface area (Å²) in [6.45, 7) is 0. The van der Waals surface area contributed by atoms with Crippen molar-refractivity contribution in [3.8, 4) is 0 Å². The Hall–Kier alpha value is 1.25. The summed E-state index contributed by atoms with van der Waals surface area (Å²) in [7, 11) is 0. The summed E-state index contributed by atoms with van der Waals surface area (Å²) in [5, 5.41) is 0. The van der Waals surface area contributed by atoms with Crippen LogP contribution in [0.1, 0.15) is 0 Å². The average Bonchev–Trinajstić information content (AvgIpc) is 0. The molecule has 0 saturated carbocycles. The van der Waals surface area contributed by atoms with Gasteiger partial charge in [-0.1, -0.05) is 0 Å². The number of hydrogen-bond donors (Lipinski definition) is 0. The largest absolute Gasteiger partial charge is 3.00 e. The van der Waals surface area contributed by atoms with Crippen LogP contribution in [-0.4, -0.2) is 0 Å². The summed E-state index contributed by atoms with van der Waals surface area (Å²) in [5.74, 6) is 0. The van der Waals surface area contributed by atoms with Crippen LogP contribution in [0.5, 0.6) is 0 Å². The van der Waals surface area contributed by atoms with Crippen molar-refractivity contribution in [2.45, 2.75) is 0 Å². The molecule has 0 unspecified atom stereocenters. The van der Waals surface area contributed by atoms with E-state index in [0.717, 1.165) is 0 Å². The minimum atomic E-state index is 0. The van der Waals surface area contributed by atoms with Gasteiger partial charge in [0.2, 0.25) is 0 Å². The molecule has 0 aliphatic carbocycles. The predicted octanol–water partition coefficient (Wildman–Crippen LogP) is 1.80. The maximum absolute atomic E-state index is 0. The molecule has 0 heterocycles. The van der Waals surface area contributed by atoms with Gasteiger partial charge in [0.1, 0.15) is 0 Å². The van der Waals surface area contributed by atoms with E-state index in [1.807, 2.05) is 0 Å². The summed E-state index contributed by atoms with van der Waals surface area (Å²) in [6.07, 6.45) is 0. The molecule has 0 spiro atoms. The van der Waals surface area contributed by atoms with E-state index in [-0.39, 0.29) is 68.7 Å². The van der Waals surface area contributed by atoms with E-state index in [0.29, 0.717) is 0 Å². The molecule has 0 aliphatic rings. The molecular weight excluding hydrogens is 250 g/mol. The average molecular weight is 262 g/mol. The monoisotopic (exact) mass is 264 g/mol. The Morgan fingerprint density at radius 1 is 0.500 bits per heavy atom. The second kappa shape index (κ2) is 111. The fourth-order valence-electron chi connectivity index (χ4n) is 0. The molecular formula is C4H12Ru2. The Labute approximate surface area is 68.6 Å². The standard InChI is InChI=1S/4CH3.2Ru/h4*1H3;;/q4*-1;+1;+3. The molecule has 0 rings (SSSR count). The first kappa shape index (κ1) is 182. The van der Waals surface area contributed by atoms with E-state index < -0.39 is 0 Å². The summed E-state index contributed by atoms with van der Waals surface area (Å²) < 4.78 is 0. The van der Waals surface area contributed by atoms with E-state index >= 15 is 0 Å². The third-order valence-electron chi connectivity index (χ3n) is 0. The van der Waals surface area contributed by atoms with Crippen molar-refractivity contribution in [3.05, 3.63) is 29.7 Å². The third-order valence-corrected chi connectivity index (χ3v) is 0. The van der Waals surface area contributed by atoms with Crippen molar-refractivity contribution in [3.63, 3.8) is 0 Å². The van der Waals surface area contributed by atoms with Gasteiger partial charge in [-0.2, -0.15) is 0 Å². The van der Waals surface area contributed by atoms with Gasteiger partial charge >= 0.3 is 39.0 Å². The van der Waals surface area contributed by atoms with Gasteiger partial charge in [-0.15, -0.1) is 0 Å². The number of rotatable bonds is 0. The minimum Gasteiger partial charge on any atom is -0.358 e. The molecule has 2 heteroatoms. The molecule has 2 radical (unpaired) electrons. The van der Waals surface area contributed by atoms with Crippen molar-refractivity contribution >= 4 is 0 Å². The first-order valence-corrected chi connectivity index (χ1v) is 0. The van der Waals surface area contributed by atoms with Crippen LogP contribution in [0.25, 0.3) is 0 Å². The van der Waals surface area contributed by atoms with Crippen molar-refractivity contribution in [2.24, 2.45) is 0 Å². The van der Waals surface area contributed by atoms with E-state index in [2.05, 4.69) is 0 Å². The van der Waals surface area contributed by atoms with E-state index in [9.17, 15) is 0 Å². The number of hydrogen-bond acceptors (Lipinski definition) is 0. The van der Waals surface area contributed by atoms with E-state index in [4.69, 9.17) is 0 Å². The Kier molecular flexibility index (Phi) is 3350. The van der Waals surface area contributed by atoms with E-state index in [1.54, 1.807) is 0 Å². The Bertz CT molecular complexity index is 5.51. The van der Waals surface area contributed by atoms with Crippen molar-refractivity contribution < 1.29 is 39.0 Å². The molecule has 0 aliphatic heterocycles. The van der Waals surface area contributed by atoms with Crippen LogP contribution in [0.15, 0.2) is 0 Å². The van der Waals surface area contributed by atoms with Gasteiger partial charge in [0.15, 0.2) is 0 Å². The molecule has 0 N–H and O–H groups in total. The molecule has 0 saturated heterocycles. The quantitative estimate of drug-likeness (QED) is 0.461.